The highest BCUT2D eigenvalue weighted by Gasteiger charge is 2.07. The first-order chi connectivity index (χ1) is 13.5. The first kappa shape index (κ1) is 17.4. The summed E-state index contributed by atoms with van der Waals surface area (Å²) in [6.45, 7) is 1.51. The van der Waals surface area contributed by atoms with Crippen molar-refractivity contribution in [3.8, 4) is 11.3 Å². The van der Waals surface area contributed by atoms with E-state index in [-0.39, 0.29) is 5.78 Å². The lowest BCUT2D eigenvalue weighted by molar-refractivity contribution is 0.101. The average Bonchev–Trinajstić information content (AvgIpc) is 3.17. The largest absolute Gasteiger partial charge is 0.455 e. The average molecular weight is 373 g/mol. The van der Waals surface area contributed by atoms with Crippen molar-refractivity contribution in [3.05, 3.63) is 92.8 Å². The Balaban J connectivity index is 1.65. The molecule has 0 radical (unpaired) electrons. The van der Waals surface area contributed by atoms with Gasteiger partial charge in [-0.2, -0.15) is 5.10 Å². The second kappa shape index (κ2) is 6.96. The molecule has 28 heavy (non-hydrogen) atoms. The van der Waals surface area contributed by atoms with Gasteiger partial charge in [0.05, 0.1) is 17.1 Å². The number of aromatic amines is 1. The first-order valence-corrected chi connectivity index (χ1v) is 8.52. The van der Waals surface area contributed by atoms with Gasteiger partial charge in [-0.25, -0.2) is 4.79 Å². The van der Waals surface area contributed by atoms with Crippen LogP contribution in [-0.4, -0.2) is 21.7 Å². The van der Waals surface area contributed by atoms with Gasteiger partial charge in [-0.05, 0) is 31.2 Å². The Labute approximate surface area is 158 Å². The quantitative estimate of drug-likeness (QED) is 0.439. The van der Waals surface area contributed by atoms with Gasteiger partial charge in [0.1, 0.15) is 11.5 Å². The molecule has 7 heteroatoms. The minimum atomic E-state index is -0.633. The second-order valence-electron chi connectivity index (χ2n) is 6.17. The van der Waals surface area contributed by atoms with Crippen LogP contribution in [0.3, 0.4) is 0 Å². The van der Waals surface area contributed by atoms with E-state index < -0.39 is 11.2 Å². The summed E-state index contributed by atoms with van der Waals surface area (Å²) in [7, 11) is 0. The molecule has 0 saturated carbocycles. The first-order valence-electron chi connectivity index (χ1n) is 8.52. The molecule has 1 N–H and O–H groups in total. The van der Waals surface area contributed by atoms with Gasteiger partial charge < -0.3 is 9.40 Å². The van der Waals surface area contributed by atoms with E-state index >= 15 is 0 Å². The van der Waals surface area contributed by atoms with E-state index in [1.165, 1.54) is 13.1 Å². The molecule has 2 aromatic heterocycles. The molecule has 0 aliphatic rings. The summed E-state index contributed by atoms with van der Waals surface area (Å²) in [6, 6.07) is 17.2. The third-order valence-electron chi connectivity index (χ3n) is 4.29. The van der Waals surface area contributed by atoms with Crippen molar-refractivity contribution in [2.24, 2.45) is 5.10 Å². The van der Waals surface area contributed by atoms with Gasteiger partial charge in [-0.1, -0.05) is 36.4 Å². The molecule has 0 bridgehead atoms. The smallest absolute Gasteiger partial charge is 0.349 e. The number of carbonyl (C=O) groups excluding carboxylic acids is 1. The summed E-state index contributed by atoms with van der Waals surface area (Å²) < 4.78 is 6.45. The van der Waals surface area contributed by atoms with Crippen LogP contribution in [0.4, 0.5) is 0 Å². The zero-order chi connectivity index (χ0) is 19.7. The van der Waals surface area contributed by atoms with Crippen LogP contribution in [0.15, 0.2) is 79.8 Å². The molecule has 0 spiro atoms. The minimum absolute atomic E-state index is 0.00938. The van der Waals surface area contributed by atoms with E-state index in [1.54, 1.807) is 60.7 Å². The standard InChI is InChI=1S/C21H15N3O4/c1-13(25)14-6-8-15(9-7-14)19-11-10-16(28-19)12-22-24-20(26)17-4-2-3-5-18(17)23-21(24)27/h2-12H,1H3,(H,23,27). The van der Waals surface area contributed by atoms with Crippen molar-refractivity contribution in [1.82, 2.24) is 9.66 Å². The molecule has 0 amide bonds. The van der Waals surface area contributed by atoms with Gasteiger partial charge in [-0.3, -0.25) is 9.59 Å². The fourth-order valence-electron chi connectivity index (χ4n) is 2.82. The summed E-state index contributed by atoms with van der Waals surface area (Å²) in [4.78, 5) is 38.6. The van der Waals surface area contributed by atoms with Gasteiger partial charge in [0, 0.05) is 11.1 Å². The molecule has 0 atom stereocenters. The topological polar surface area (TPSA) is 97.4 Å². The number of H-pyrrole nitrogens is 1. The summed E-state index contributed by atoms with van der Waals surface area (Å²) in [6.07, 6.45) is 1.30. The maximum atomic E-state index is 12.5. The Morgan fingerprint density at radius 3 is 2.54 bits per heavy atom. The van der Waals surface area contributed by atoms with Crippen LogP contribution in [0.5, 0.6) is 0 Å². The van der Waals surface area contributed by atoms with Crippen LogP contribution in [-0.2, 0) is 0 Å². The van der Waals surface area contributed by atoms with Gasteiger partial charge >= 0.3 is 5.69 Å². The zero-order valence-electron chi connectivity index (χ0n) is 14.9. The van der Waals surface area contributed by atoms with E-state index in [0.29, 0.717) is 28.0 Å². The number of furan rings is 1. The molecule has 0 unspecified atom stereocenters. The molecule has 138 valence electrons. The molecule has 2 heterocycles. The number of hydrogen-bond acceptors (Lipinski definition) is 5. The van der Waals surface area contributed by atoms with Crippen LogP contribution < -0.4 is 11.2 Å². The number of nitrogens with one attached hydrogen (secondary N) is 1. The Morgan fingerprint density at radius 1 is 1.04 bits per heavy atom. The molecule has 4 rings (SSSR count). The number of nitrogens with zero attached hydrogens (tertiary/aromatic N) is 2. The highest BCUT2D eigenvalue weighted by Crippen LogP contribution is 2.22. The third kappa shape index (κ3) is 3.21. The van der Waals surface area contributed by atoms with Crippen molar-refractivity contribution in [1.29, 1.82) is 0 Å². The third-order valence-corrected chi connectivity index (χ3v) is 4.29. The zero-order valence-corrected chi connectivity index (χ0v) is 14.9. The number of benzene rings is 2. The van der Waals surface area contributed by atoms with Gasteiger partial charge in [-0.15, -0.1) is 4.68 Å². The molecular formula is C21H15N3O4. The van der Waals surface area contributed by atoms with Crippen LogP contribution in [0, 0.1) is 0 Å². The summed E-state index contributed by atoms with van der Waals surface area (Å²) in [5, 5.41) is 4.33. The molecule has 0 saturated heterocycles. The van der Waals surface area contributed by atoms with E-state index in [2.05, 4.69) is 10.1 Å². The van der Waals surface area contributed by atoms with E-state index in [1.807, 2.05) is 0 Å². The van der Waals surface area contributed by atoms with Crippen molar-refractivity contribution in [2.75, 3.05) is 0 Å². The number of aromatic nitrogens is 2. The number of ketones is 1. The summed E-state index contributed by atoms with van der Waals surface area (Å²) in [5.41, 5.74) is 0.726. The predicted octanol–water partition coefficient (Wildman–Crippen LogP) is 3.03. The van der Waals surface area contributed by atoms with E-state index in [4.69, 9.17) is 4.42 Å². The van der Waals surface area contributed by atoms with Crippen LogP contribution in [0.1, 0.15) is 23.0 Å². The molecule has 2 aromatic carbocycles. The van der Waals surface area contributed by atoms with Crippen molar-refractivity contribution in [2.45, 2.75) is 6.92 Å². The number of fused-ring (bicyclic) bond motifs is 1. The maximum Gasteiger partial charge on any atom is 0.349 e. The lowest BCUT2D eigenvalue weighted by Crippen LogP contribution is -2.32. The molecular weight excluding hydrogens is 358 g/mol. The van der Waals surface area contributed by atoms with Crippen LogP contribution >= 0.6 is 0 Å². The van der Waals surface area contributed by atoms with E-state index in [0.717, 1.165) is 10.2 Å². The van der Waals surface area contributed by atoms with E-state index in [9.17, 15) is 14.4 Å². The highest BCUT2D eigenvalue weighted by molar-refractivity contribution is 5.94. The number of rotatable bonds is 4. The Bertz CT molecular complexity index is 1320. The van der Waals surface area contributed by atoms with Crippen molar-refractivity contribution in [3.63, 3.8) is 0 Å². The van der Waals surface area contributed by atoms with Gasteiger partial charge in [0.2, 0.25) is 0 Å². The summed E-state index contributed by atoms with van der Waals surface area (Å²) in [5.74, 6) is 0.950. The fourth-order valence-corrected chi connectivity index (χ4v) is 2.82. The van der Waals surface area contributed by atoms with Gasteiger partial charge in [0.25, 0.3) is 5.56 Å². The fraction of sp³-hybridized carbons (Fsp3) is 0.0476. The maximum absolute atomic E-state index is 12.5. The molecule has 0 aliphatic carbocycles. The number of hydrogen-bond donors (Lipinski definition) is 1. The normalized spacial score (nSPS) is 11.3. The molecule has 4 aromatic rings. The lowest BCUT2D eigenvalue weighted by Gasteiger charge is -2.00. The highest BCUT2D eigenvalue weighted by atomic mass is 16.3. The number of Topliss-reactive ketones (excluding diaryl/α,β-unsaturated/α-hetero) is 1. The van der Waals surface area contributed by atoms with Crippen molar-refractivity contribution < 1.29 is 9.21 Å². The lowest BCUT2D eigenvalue weighted by atomic mass is 10.1. The Kier molecular flexibility index (Phi) is 4.33. The predicted molar refractivity (Wildman–Crippen MR) is 106 cm³/mol. The monoisotopic (exact) mass is 373 g/mol. The van der Waals surface area contributed by atoms with Crippen LogP contribution in [0.25, 0.3) is 22.2 Å². The molecule has 7 nitrogen and oxygen atoms in total. The SMILES string of the molecule is CC(=O)c1ccc(-c2ccc(C=Nn3c(=O)[nH]c4ccccc4c3=O)o2)cc1. The number of carbonyl (C=O) groups is 1. The Hall–Kier alpha value is -4.00. The second-order valence-corrected chi connectivity index (χ2v) is 6.17. The molecule has 0 aliphatic heterocycles. The molecule has 0 fully saturated rings. The van der Waals surface area contributed by atoms with Gasteiger partial charge in [0.15, 0.2) is 5.78 Å². The number of para-hydroxylation sites is 1. The van der Waals surface area contributed by atoms with Crippen LogP contribution in [0.2, 0.25) is 0 Å². The van der Waals surface area contributed by atoms with Crippen molar-refractivity contribution >= 4 is 22.9 Å². The summed E-state index contributed by atoms with van der Waals surface area (Å²) >= 11 is 0. The Morgan fingerprint density at radius 2 is 1.79 bits per heavy atom. The minimum Gasteiger partial charge on any atom is -0.455 e.